The zero-order chi connectivity index (χ0) is 17.7. The molecule has 5 aromatic rings. The maximum absolute atomic E-state index is 11.0. The van der Waals surface area contributed by atoms with Gasteiger partial charge in [-0.1, -0.05) is 0 Å². The first-order chi connectivity index (χ1) is 12.7. The Kier molecular flexibility index (Phi) is 2.89. The van der Waals surface area contributed by atoms with E-state index in [9.17, 15) is 10.1 Å². The molecule has 9 nitrogen and oxygen atoms in total. The van der Waals surface area contributed by atoms with Gasteiger partial charge in [0, 0.05) is 35.6 Å². The zero-order valence-corrected chi connectivity index (χ0v) is 13.2. The van der Waals surface area contributed by atoms with Crippen molar-refractivity contribution in [3.63, 3.8) is 0 Å². The number of nitrogens with one attached hydrogen (secondary N) is 2. The van der Waals surface area contributed by atoms with Crippen LogP contribution in [0.3, 0.4) is 0 Å². The lowest BCUT2D eigenvalue weighted by molar-refractivity contribution is -0.384. The van der Waals surface area contributed by atoms with E-state index in [2.05, 4.69) is 25.1 Å². The molecule has 5 rings (SSSR count). The highest BCUT2D eigenvalue weighted by Gasteiger charge is 2.16. The van der Waals surface area contributed by atoms with Crippen molar-refractivity contribution < 1.29 is 4.92 Å². The normalized spacial score (nSPS) is 11.4. The fourth-order valence-corrected chi connectivity index (χ4v) is 2.98. The second kappa shape index (κ2) is 5.24. The minimum Gasteiger partial charge on any atom is -0.337 e. The lowest BCUT2D eigenvalue weighted by atomic mass is 10.2. The molecule has 0 aliphatic rings. The summed E-state index contributed by atoms with van der Waals surface area (Å²) >= 11 is 0. The molecule has 2 N–H and O–H groups in total. The Morgan fingerprint density at radius 2 is 2.04 bits per heavy atom. The van der Waals surface area contributed by atoms with Crippen LogP contribution in [0.25, 0.3) is 39.1 Å². The van der Waals surface area contributed by atoms with Crippen LogP contribution in [0.1, 0.15) is 0 Å². The monoisotopic (exact) mass is 345 g/mol. The smallest absolute Gasteiger partial charge is 0.270 e. The highest BCUT2D eigenvalue weighted by atomic mass is 16.6. The van der Waals surface area contributed by atoms with E-state index in [0.29, 0.717) is 22.4 Å². The lowest BCUT2D eigenvalue weighted by Gasteiger charge is -2.00. The molecule has 0 saturated heterocycles. The Labute approximate surface area is 145 Å². The third-order valence-corrected chi connectivity index (χ3v) is 4.25. The predicted molar refractivity (Wildman–Crippen MR) is 95.0 cm³/mol. The molecule has 2 aromatic carbocycles. The Bertz CT molecular complexity index is 1270. The topological polar surface area (TPSA) is 118 Å². The van der Waals surface area contributed by atoms with Gasteiger partial charge in [0.05, 0.1) is 27.8 Å². The van der Waals surface area contributed by atoms with E-state index >= 15 is 0 Å². The van der Waals surface area contributed by atoms with Crippen LogP contribution in [0.2, 0.25) is 0 Å². The summed E-state index contributed by atoms with van der Waals surface area (Å²) in [5.41, 5.74) is 3.85. The molecule has 0 bridgehead atoms. The molecule has 0 fully saturated rings. The maximum Gasteiger partial charge on any atom is 0.270 e. The van der Waals surface area contributed by atoms with Crippen LogP contribution in [-0.2, 0) is 0 Å². The molecule has 0 aliphatic carbocycles. The number of fused-ring (bicyclic) bond motifs is 2. The average molecular weight is 345 g/mol. The van der Waals surface area contributed by atoms with Crippen LogP contribution in [0.4, 0.5) is 5.69 Å². The van der Waals surface area contributed by atoms with Crippen LogP contribution >= 0.6 is 0 Å². The zero-order valence-electron chi connectivity index (χ0n) is 13.2. The Hall–Kier alpha value is -4.01. The van der Waals surface area contributed by atoms with Crippen LogP contribution in [0, 0.1) is 10.1 Å². The first-order valence-electron chi connectivity index (χ1n) is 7.80. The van der Waals surface area contributed by atoms with Gasteiger partial charge in [-0.05, 0) is 24.3 Å². The van der Waals surface area contributed by atoms with Gasteiger partial charge in [0.15, 0.2) is 5.82 Å². The molecular weight excluding hydrogens is 334 g/mol. The minimum atomic E-state index is -0.424. The van der Waals surface area contributed by atoms with Crippen molar-refractivity contribution in [3.05, 3.63) is 65.2 Å². The summed E-state index contributed by atoms with van der Waals surface area (Å²) < 4.78 is 1.90. The van der Waals surface area contributed by atoms with Crippen LogP contribution in [0.5, 0.6) is 0 Å². The summed E-state index contributed by atoms with van der Waals surface area (Å²) in [6, 6.07) is 10.4. The molecule has 26 heavy (non-hydrogen) atoms. The van der Waals surface area contributed by atoms with Gasteiger partial charge < -0.3 is 9.55 Å². The standard InChI is InChI=1S/C17H11N7O2/c25-24(26)11-2-3-13-12(7-11)16(22-21-13)17-19-14-4-1-10(8-15(14)20-17)23-6-5-18-9-23/h1-9H,(H,19,20)(H,21,22). The average Bonchev–Trinajstić information content (AvgIpc) is 3.38. The van der Waals surface area contributed by atoms with Gasteiger partial charge in [0.25, 0.3) is 5.69 Å². The first kappa shape index (κ1) is 14.3. The molecule has 3 heterocycles. The first-order valence-corrected chi connectivity index (χ1v) is 7.80. The quantitative estimate of drug-likeness (QED) is 0.384. The number of benzene rings is 2. The van der Waals surface area contributed by atoms with Gasteiger partial charge in [-0.2, -0.15) is 5.10 Å². The summed E-state index contributed by atoms with van der Waals surface area (Å²) in [7, 11) is 0. The van der Waals surface area contributed by atoms with Crippen LogP contribution < -0.4 is 0 Å². The van der Waals surface area contributed by atoms with Gasteiger partial charge >= 0.3 is 0 Å². The molecular formula is C17H11N7O2. The fraction of sp³-hybridized carbons (Fsp3) is 0. The number of non-ortho nitro benzene ring substituents is 1. The van der Waals surface area contributed by atoms with Crippen molar-refractivity contribution in [3.8, 4) is 17.2 Å². The molecule has 0 saturated carbocycles. The Morgan fingerprint density at radius 1 is 1.12 bits per heavy atom. The van der Waals surface area contributed by atoms with E-state index in [-0.39, 0.29) is 5.69 Å². The highest BCUT2D eigenvalue weighted by molar-refractivity contribution is 5.94. The number of hydrogen-bond donors (Lipinski definition) is 2. The van der Waals surface area contributed by atoms with Crippen LogP contribution in [0.15, 0.2) is 55.1 Å². The number of aromatic nitrogens is 6. The van der Waals surface area contributed by atoms with Gasteiger partial charge in [-0.3, -0.25) is 15.2 Å². The van der Waals surface area contributed by atoms with E-state index in [0.717, 1.165) is 16.7 Å². The molecule has 0 radical (unpaired) electrons. The SMILES string of the molecule is O=[N+]([O-])c1ccc2[nH]nc(-c3nc4ccc(-n5ccnc5)cc4[nH]3)c2c1. The van der Waals surface area contributed by atoms with Crippen molar-refractivity contribution in [2.45, 2.75) is 0 Å². The van der Waals surface area contributed by atoms with Crippen molar-refractivity contribution in [1.82, 2.24) is 29.7 Å². The van der Waals surface area contributed by atoms with E-state index < -0.39 is 4.92 Å². The molecule has 9 heteroatoms. The molecule has 0 spiro atoms. The number of aromatic amines is 2. The summed E-state index contributed by atoms with van der Waals surface area (Å²) in [6.07, 6.45) is 5.29. The van der Waals surface area contributed by atoms with E-state index in [1.807, 2.05) is 29.0 Å². The third-order valence-electron chi connectivity index (χ3n) is 4.25. The second-order valence-electron chi connectivity index (χ2n) is 5.82. The van der Waals surface area contributed by atoms with Gasteiger partial charge in [-0.25, -0.2) is 9.97 Å². The highest BCUT2D eigenvalue weighted by Crippen LogP contribution is 2.29. The molecule has 3 aromatic heterocycles. The number of rotatable bonds is 3. The summed E-state index contributed by atoms with van der Waals surface area (Å²) in [5.74, 6) is 0.550. The Balaban J connectivity index is 1.66. The van der Waals surface area contributed by atoms with Crippen molar-refractivity contribution in [2.24, 2.45) is 0 Å². The lowest BCUT2D eigenvalue weighted by Crippen LogP contribution is -1.88. The van der Waals surface area contributed by atoms with E-state index in [4.69, 9.17) is 0 Å². The van der Waals surface area contributed by atoms with Gasteiger partial charge in [0.2, 0.25) is 0 Å². The van der Waals surface area contributed by atoms with E-state index in [1.54, 1.807) is 18.6 Å². The summed E-state index contributed by atoms with van der Waals surface area (Å²) in [6.45, 7) is 0. The molecule has 0 atom stereocenters. The molecule has 0 aliphatic heterocycles. The van der Waals surface area contributed by atoms with Gasteiger partial charge in [0.1, 0.15) is 5.69 Å². The number of nitro groups is 1. The maximum atomic E-state index is 11.0. The second-order valence-corrected chi connectivity index (χ2v) is 5.82. The minimum absolute atomic E-state index is 0.0126. The van der Waals surface area contributed by atoms with Gasteiger partial charge in [-0.15, -0.1) is 0 Å². The fourth-order valence-electron chi connectivity index (χ4n) is 2.98. The van der Waals surface area contributed by atoms with Crippen molar-refractivity contribution in [2.75, 3.05) is 0 Å². The number of nitrogens with zero attached hydrogens (tertiary/aromatic N) is 5. The number of H-pyrrole nitrogens is 2. The van der Waals surface area contributed by atoms with Crippen molar-refractivity contribution in [1.29, 1.82) is 0 Å². The number of nitro benzene ring substituents is 1. The molecule has 126 valence electrons. The number of hydrogen-bond acceptors (Lipinski definition) is 5. The Morgan fingerprint density at radius 3 is 2.85 bits per heavy atom. The van der Waals surface area contributed by atoms with Crippen LogP contribution in [-0.4, -0.2) is 34.6 Å². The predicted octanol–water partition coefficient (Wildman–Crippen LogP) is 3.20. The number of imidazole rings is 2. The summed E-state index contributed by atoms with van der Waals surface area (Å²) in [4.78, 5) is 22.5. The van der Waals surface area contributed by atoms with E-state index in [1.165, 1.54) is 12.1 Å². The third kappa shape index (κ3) is 2.14. The molecule has 0 amide bonds. The van der Waals surface area contributed by atoms with Crippen molar-refractivity contribution >= 4 is 27.6 Å². The largest absolute Gasteiger partial charge is 0.337 e. The molecule has 0 unspecified atom stereocenters. The summed E-state index contributed by atoms with van der Waals surface area (Å²) in [5, 5.41) is 18.9.